The highest BCUT2D eigenvalue weighted by molar-refractivity contribution is 7.80. The Morgan fingerprint density at radius 2 is 2.38 bits per heavy atom. The minimum atomic E-state index is -0.230. The normalized spacial score (nSPS) is 22.1. The van der Waals surface area contributed by atoms with Gasteiger partial charge in [0.15, 0.2) is 5.11 Å². The number of thiocarbonyl (C=S) groups is 1. The minimum Gasteiger partial charge on any atom is -0.351 e. The third kappa shape index (κ3) is 1.78. The summed E-state index contributed by atoms with van der Waals surface area (Å²) in [6, 6.07) is 3.49. The van der Waals surface area contributed by atoms with Gasteiger partial charge in [-0.15, -0.1) is 0 Å². The van der Waals surface area contributed by atoms with E-state index in [1.165, 1.54) is 0 Å². The summed E-state index contributed by atoms with van der Waals surface area (Å²) in [6.45, 7) is 3.76. The Morgan fingerprint density at radius 1 is 1.62 bits per heavy atom. The monoisotopic (exact) mass is 235 g/mol. The summed E-state index contributed by atoms with van der Waals surface area (Å²) in [6.07, 6.45) is 3.46. The topological polar surface area (TPSA) is 45.2 Å². The summed E-state index contributed by atoms with van der Waals surface area (Å²) in [5, 5.41) is 3.45. The zero-order valence-corrected chi connectivity index (χ0v) is 9.99. The molecule has 4 nitrogen and oxygen atoms in total. The lowest BCUT2D eigenvalue weighted by atomic mass is 10.1. The number of carbonyl (C=O) groups excluding carboxylic acids is 1. The molecule has 1 N–H and O–H groups in total. The van der Waals surface area contributed by atoms with Crippen molar-refractivity contribution in [3.8, 4) is 0 Å². The Morgan fingerprint density at radius 3 is 2.88 bits per heavy atom. The Labute approximate surface area is 99.7 Å². The maximum Gasteiger partial charge on any atom is 0.251 e. The van der Waals surface area contributed by atoms with E-state index in [0.29, 0.717) is 5.11 Å². The zero-order chi connectivity index (χ0) is 11.7. The molecule has 16 heavy (non-hydrogen) atoms. The van der Waals surface area contributed by atoms with Gasteiger partial charge in [-0.1, -0.05) is 6.07 Å². The first-order chi connectivity index (χ1) is 7.61. The Balaban J connectivity index is 2.26. The average molecular weight is 235 g/mol. The van der Waals surface area contributed by atoms with Gasteiger partial charge in [0.2, 0.25) is 0 Å². The van der Waals surface area contributed by atoms with E-state index in [2.05, 4.69) is 10.3 Å². The number of pyridine rings is 1. The van der Waals surface area contributed by atoms with Gasteiger partial charge in [0.05, 0.1) is 6.04 Å². The number of rotatable bonds is 2. The van der Waals surface area contributed by atoms with Gasteiger partial charge in [0, 0.05) is 12.4 Å². The van der Waals surface area contributed by atoms with Gasteiger partial charge in [-0.05, 0) is 37.7 Å². The van der Waals surface area contributed by atoms with E-state index >= 15 is 0 Å². The van der Waals surface area contributed by atoms with Crippen molar-refractivity contribution in [1.82, 2.24) is 15.2 Å². The van der Waals surface area contributed by atoms with Crippen molar-refractivity contribution in [3.63, 3.8) is 0 Å². The second-order valence-corrected chi connectivity index (χ2v) is 4.23. The molecule has 1 amide bonds. The van der Waals surface area contributed by atoms with Crippen molar-refractivity contribution < 1.29 is 4.79 Å². The predicted octanol–water partition coefficient (Wildman–Crippen LogP) is 1.25. The van der Waals surface area contributed by atoms with Gasteiger partial charge in [0.1, 0.15) is 6.04 Å². The van der Waals surface area contributed by atoms with Gasteiger partial charge >= 0.3 is 0 Å². The van der Waals surface area contributed by atoms with Crippen molar-refractivity contribution in [2.24, 2.45) is 0 Å². The summed E-state index contributed by atoms with van der Waals surface area (Å²) in [5.74, 6) is 0.0151. The molecule has 0 saturated carbocycles. The molecule has 1 aromatic heterocycles. The lowest BCUT2D eigenvalue weighted by Gasteiger charge is -2.23. The summed E-state index contributed by atoms with van der Waals surface area (Å²) in [5.41, 5.74) is 0.981. The number of nitrogens with one attached hydrogen (secondary N) is 1. The molecule has 1 saturated heterocycles. The fraction of sp³-hybridized carbons (Fsp3) is 0.364. The lowest BCUT2D eigenvalue weighted by Crippen LogP contribution is -2.33. The van der Waals surface area contributed by atoms with Crippen LogP contribution in [0.4, 0.5) is 0 Å². The average Bonchev–Trinajstić information content (AvgIpc) is 2.54. The van der Waals surface area contributed by atoms with Crippen molar-refractivity contribution in [3.05, 3.63) is 30.1 Å². The SMILES string of the molecule is C[C@@H]1NC(=S)N([C@H](C)c2cccnc2)C1=O. The van der Waals surface area contributed by atoms with E-state index in [1.807, 2.05) is 26.0 Å². The van der Waals surface area contributed by atoms with E-state index in [-0.39, 0.29) is 18.0 Å². The van der Waals surface area contributed by atoms with E-state index in [4.69, 9.17) is 12.2 Å². The van der Waals surface area contributed by atoms with Crippen LogP contribution in [0.3, 0.4) is 0 Å². The van der Waals surface area contributed by atoms with Gasteiger partial charge in [-0.3, -0.25) is 14.7 Å². The summed E-state index contributed by atoms with van der Waals surface area (Å²) in [7, 11) is 0. The molecule has 0 bridgehead atoms. The van der Waals surface area contributed by atoms with Crippen molar-refractivity contribution >= 4 is 23.2 Å². The largest absolute Gasteiger partial charge is 0.351 e. The van der Waals surface area contributed by atoms with Crippen LogP contribution in [0.1, 0.15) is 25.5 Å². The maximum atomic E-state index is 11.9. The number of carbonyl (C=O) groups is 1. The van der Waals surface area contributed by atoms with E-state index in [1.54, 1.807) is 17.3 Å². The fourth-order valence-corrected chi connectivity index (χ4v) is 2.19. The van der Waals surface area contributed by atoms with Crippen LogP contribution in [0.25, 0.3) is 0 Å². The number of hydrogen-bond acceptors (Lipinski definition) is 3. The molecule has 84 valence electrons. The standard InChI is InChI=1S/C11H13N3OS/c1-7-10(15)14(11(16)13-7)8(2)9-4-3-5-12-6-9/h3-8H,1-2H3,(H,13,16)/t7-,8+/m0/s1. The van der Waals surface area contributed by atoms with Crippen LogP contribution in [0.15, 0.2) is 24.5 Å². The highest BCUT2D eigenvalue weighted by Gasteiger charge is 2.35. The molecule has 1 aliphatic heterocycles. The molecule has 0 aliphatic carbocycles. The number of hydrogen-bond donors (Lipinski definition) is 1. The third-order valence-electron chi connectivity index (χ3n) is 2.72. The second-order valence-electron chi connectivity index (χ2n) is 3.84. The summed E-state index contributed by atoms with van der Waals surface area (Å²) < 4.78 is 0. The zero-order valence-electron chi connectivity index (χ0n) is 9.18. The molecule has 0 spiro atoms. The number of amides is 1. The molecular weight excluding hydrogens is 222 g/mol. The highest BCUT2D eigenvalue weighted by atomic mass is 32.1. The lowest BCUT2D eigenvalue weighted by molar-refractivity contribution is -0.128. The van der Waals surface area contributed by atoms with Crippen molar-refractivity contribution in [2.45, 2.75) is 25.9 Å². The van der Waals surface area contributed by atoms with E-state index < -0.39 is 0 Å². The Kier molecular flexibility index (Phi) is 2.87. The fourth-order valence-electron chi connectivity index (χ4n) is 1.76. The molecule has 2 heterocycles. The number of nitrogens with zero attached hydrogens (tertiary/aromatic N) is 2. The van der Waals surface area contributed by atoms with Crippen LogP contribution in [0.5, 0.6) is 0 Å². The Bertz CT molecular complexity index is 420. The molecular formula is C11H13N3OS. The highest BCUT2D eigenvalue weighted by Crippen LogP contribution is 2.23. The molecule has 0 radical (unpaired) electrons. The van der Waals surface area contributed by atoms with Crippen LogP contribution >= 0.6 is 12.2 Å². The summed E-state index contributed by atoms with van der Waals surface area (Å²) >= 11 is 5.14. The van der Waals surface area contributed by atoms with Gasteiger partial charge in [-0.25, -0.2) is 0 Å². The predicted molar refractivity (Wildman–Crippen MR) is 64.7 cm³/mol. The smallest absolute Gasteiger partial charge is 0.251 e. The van der Waals surface area contributed by atoms with Gasteiger partial charge in [-0.2, -0.15) is 0 Å². The van der Waals surface area contributed by atoms with Crippen LogP contribution in [-0.2, 0) is 4.79 Å². The molecule has 5 heteroatoms. The van der Waals surface area contributed by atoms with Gasteiger partial charge < -0.3 is 5.32 Å². The van der Waals surface area contributed by atoms with Crippen LogP contribution in [0, 0.1) is 0 Å². The first kappa shape index (κ1) is 11.0. The molecule has 0 unspecified atom stereocenters. The first-order valence-electron chi connectivity index (χ1n) is 5.14. The third-order valence-corrected chi connectivity index (χ3v) is 3.04. The molecule has 0 aromatic carbocycles. The molecule has 2 atom stereocenters. The molecule has 1 aliphatic rings. The minimum absolute atomic E-state index is 0.0151. The first-order valence-corrected chi connectivity index (χ1v) is 5.55. The van der Waals surface area contributed by atoms with Crippen LogP contribution in [-0.4, -0.2) is 26.9 Å². The molecule has 1 fully saturated rings. The Hall–Kier alpha value is -1.49. The quantitative estimate of drug-likeness (QED) is 0.784. The van der Waals surface area contributed by atoms with E-state index in [0.717, 1.165) is 5.56 Å². The second kappa shape index (κ2) is 4.17. The van der Waals surface area contributed by atoms with Crippen molar-refractivity contribution in [1.29, 1.82) is 0 Å². The summed E-state index contributed by atoms with van der Waals surface area (Å²) in [4.78, 5) is 17.5. The van der Waals surface area contributed by atoms with E-state index in [9.17, 15) is 4.79 Å². The molecule has 1 aromatic rings. The van der Waals surface area contributed by atoms with Crippen LogP contribution in [0.2, 0.25) is 0 Å². The van der Waals surface area contributed by atoms with Crippen LogP contribution < -0.4 is 5.32 Å². The molecule has 2 rings (SSSR count). The maximum absolute atomic E-state index is 11.9. The number of aromatic nitrogens is 1. The van der Waals surface area contributed by atoms with Gasteiger partial charge in [0.25, 0.3) is 5.91 Å². The van der Waals surface area contributed by atoms with Crippen molar-refractivity contribution in [2.75, 3.05) is 0 Å².